The molecule has 0 bridgehead atoms. The summed E-state index contributed by atoms with van der Waals surface area (Å²) >= 11 is 0. The van der Waals surface area contributed by atoms with Gasteiger partial charge in [0.25, 0.3) is 5.91 Å². The monoisotopic (exact) mass is 176 g/mol. The lowest BCUT2D eigenvalue weighted by Crippen LogP contribution is -2.40. The van der Waals surface area contributed by atoms with Gasteiger partial charge in [-0.1, -0.05) is 0 Å². The van der Waals surface area contributed by atoms with Crippen LogP contribution in [0.15, 0.2) is 0 Å². The first-order chi connectivity index (χ1) is 5.57. The van der Waals surface area contributed by atoms with Crippen LogP contribution in [0.1, 0.15) is 12.8 Å². The van der Waals surface area contributed by atoms with E-state index >= 15 is 0 Å². The maximum Gasteiger partial charge on any atom is 0.303 e. The van der Waals surface area contributed by atoms with Crippen LogP contribution in [-0.4, -0.2) is 30.1 Å². The van der Waals surface area contributed by atoms with Crippen molar-refractivity contribution >= 4 is 11.9 Å². The predicted octanol–water partition coefficient (Wildman–Crippen LogP) is -1.14. The van der Waals surface area contributed by atoms with E-state index in [1.165, 1.54) is 7.11 Å². The van der Waals surface area contributed by atoms with Crippen molar-refractivity contribution in [2.75, 3.05) is 7.11 Å². The summed E-state index contributed by atoms with van der Waals surface area (Å²) in [5, 5.41) is 8.26. The molecule has 0 heterocycles. The van der Waals surface area contributed by atoms with E-state index < -0.39 is 17.9 Å². The number of amides is 1. The van der Waals surface area contributed by atoms with E-state index in [4.69, 9.17) is 10.8 Å². The van der Waals surface area contributed by atoms with E-state index in [9.17, 15) is 9.59 Å². The van der Waals surface area contributed by atoms with Crippen molar-refractivity contribution in [3.63, 3.8) is 0 Å². The lowest BCUT2D eigenvalue weighted by Gasteiger charge is -2.08. The molecule has 0 aromatic rings. The minimum atomic E-state index is -0.976. The van der Waals surface area contributed by atoms with Crippen LogP contribution in [-0.2, 0) is 14.4 Å². The van der Waals surface area contributed by atoms with Gasteiger partial charge in [0.1, 0.15) is 0 Å². The minimum absolute atomic E-state index is 0.102. The van der Waals surface area contributed by atoms with Crippen molar-refractivity contribution in [3.8, 4) is 0 Å². The van der Waals surface area contributed by atoms with E-state index in [2.05, 4.69) is 4.84 Å². The summed E-state index contributed by atoms with van der Waals surface area (Å²) < 4.78 is 0. The highest BCUT2D eigenvalue weighted by Gasteiger charge is 2.13. The summed E-state index contributed by atoms with van der Waals surface area (Å²) in [5.41, 5.74) is 7.31. The smallest absolute Gasteiger partial charge is 0.303 e. The maximum atomic E-state index is 10.8. The van der Waals surface area contributed by atoms with Gasteiger partial charge >= 0.3 is 5.97 Å². The third-order valence-electron chi connectivity index (χ3n) is 1.21. The summed E-state index contributed by atoms with van der Waals surface area (Å²) in [5.74, 6) is -1.49. The van der Waals surface area contributed by atoms with E-state index in [0.29, 0.717) is 0 Å². The SMILES string of the molecule is CONC(=O)[C@@H](N)CCC(=O)O. The van der Waals surface area contributed by atoms with E-state index in [1.807, 2.05) is 5.48 Å². The lowest BCUT2D eigenvalue weighted by atomic mass is 10.1. The van der Waals surface area contributed by atoms with Gasteiger partial charge in [0.15, 0.2) is 0 Å². The summed E-state index contributed by atoms with van der Waals surface area (Å²) in [6.45, 7) is 0. The summed E-state index contributed by atoms with van der Waals surface area (Å²) in [7, 11) is 1.28. The highest BCUT2D eigenvalue weighted by molar-refractivity contribution is 5.81. The van der Waals surface area contributed by atoms with Gasteiger partial charge in [0.05, 0.1) is 13.2 Å². The van der Waals surface area contributed by atoms with Crippen molar-refractivity contribution in [1.29, 1.82) is 0 Å². The van der Waals surface area contributed by atoms with Gasteiger partial charge in [-0.2, -0.15) is 0 Å². The quantitative estimate of drug-likeness (QED) is 0.459. The number of aliphatic carboxylic acids is 1. The van der Waals surface area contributed by atoms with Crippen LogP contribution < -0.4 is 11.2 Å². The lowest BCUT2D eigenvalue weighted by molar-refractivity contribution is -0.137. The van der Waals surface area contributed by atoms with Gasteiger partial charge in [0.2, 0.25) is 0 Å². The molecular weight excluding hydrogens is 164 g/mol. The number of carbonyl (C=O) groups is 2. The Morgan fingerprint density at radius 1 is 1.67 bits per heavy atom. The number of hydroxylamine groups is 1. The van der Waals surface area contributed by atoms with E-state index in [1.54, 1.807) is 0 Å². The molecule has 0 aliphatic rings. The Balaban J connectivity index is 3.63. The zero-order valence-electron chi connectivity index (χ0n) is 6.74. The van der Waals surface area contributed by atoms with Gasteiger partial charge in [-0.05, 0) is 6.42 Å². The molecule has 0 aliphatic carbocycles. The van der Waals surface area contributed by atoms with Crippen LogP contribution in [0.3, 0.4) is 0 Å². The number of hydrogen-bond donors (Lipinski definition) is 3. The summed E-state index contributed by atoms with van der Waals surface area (Å²) in [6.07, 6.45) is -0.0250. The zero-order valence-corrected chi connectivity index (χ0v) is 6.74. The first-order valence-electron chi connectivity index (χ1n) is 3.38. The van der Waals surface area contributed by atoms with Gasteiger partial charge in [-0.3, -0.25) is 14.4 Å². The Kier molecular flexibility index (Phi) is 4.98. The standard InChI is InChI=1S/C6H12N2O4/c1-12-8-6(11)4(7)2-3-5(9)10/h4H,2-3,7H2,1H3,(H,8,11)(H,9,10)/t4-/m0/s1. The highest BCUT2D eigenvalue weighted by atomic mass is 16.6. The molecule has 4 N–H and O–H groups in total. The normalized spacial score (nSPS) is 12.2. The van der Waals surface area contributed by atoms with Crippen LogP contribution in [0.5, 0.6) is 0 Å². The van der Waals surface area contributed by atoms with Crippen LogP contribution >= 0.6 is 0 Å². The molecule has 0 fully saturated rings. The molecule has 6 nitrogen and oxygen atoms in total. The number of rotatable bonds is 5. The second kappa shape index (κ2) is 5.50. The molecule has 70 valence electrons. The van der Waals surface area contributed by atoms with Gasteiger partial charge in [0, 0.05) is 6.42 Å². The van der Waals surface area contributed by atoms with Crippen LogP contribution in [0.2, 0.25) is 0 Å². The average Bonchev–Trinajstić information content (AvgIpc) is 2.00. The molecule has 0 radical (unpaired) electrons. The van der Waals surface area contributed by atoms with Crippen molar-refractivity contribution in [3.05, 3.63) is 0 Å². The first kappa shape index (κ1) is 10.9. The predicted molar refractivity (Wildman–Crippen MR) is 40.0 cm³/mol. The fourth-order valence-corrected chi connectivity index (χ4v) is 0.586. The number of carbonyl (C=O) groups excluding carboxylic acids is 1. The Bertz CT molecular complexity index is 171. The van der Waals surface area contributed by atoms with Crippen molar-refractivity contribution in [2.45, 2.75) is 18.9 Å². The molecule has 12 heavy (non-hydrogen) atoms. The molecule has 0 saturated heterocycles. The second-order valence-electron chi connectivity index (χ2n) is 2.21. The van der Waals surface area contributed by atoms with Crippen molar-refractivity contribution in [2.24, 2.45) is 5.73 Å². The van der Waals surface area contributed by atoms with E-state index in [0.717, 1.165) is 0 Å². The molecule has 0 saturated carbocycles. The number of nitrogens with one attached hydrogen (secondary N) is 1. The van der Waals surface area contributed by atoms with Gasteiger partial charge < -0.3 is 10.8 Å². The topological polar surface area (TPSA) is 102 Å². The minimum Gasteiger partial charge on any atom is -0.481 e. The summed E-state index contributed by atoms with van der Waals surface area (Å²) in [6, 6.07) is -0.832. The van der Waals surface area contributed by atoms with Crippen LogP contribution in [0.4, 0.5) is 0 Å². The molecule has 0 spiro atoms. The van der Waals surface area contributed by atoms with E-state index in [-0.39, 0.29) is 12.8 Å². The Hall–Kier alpha value is -1.14. The molecule has 0 aromatic heterocycles. The largest absolute Gasteiger partial charge is 0.481 e. The Morgan fingerprint density at radius 2 is 2.25 bits per heavy atom. The molecule has 0 unspecified atom stereocenters. The molecule has 1 atom stereocenters. The second-order valence-corrected chi connectivity index (χ2v) is 2.21. The molecule has 6 heteroatoms. The van der Waals surface area contributed by atoms with Crippen LogP contribution in [0.25, 0.3) is 0 Å². The number of nitrogens with two attached hydrogens (primary N) is 1. The molecule has 0 rings (SSSR count). The van der Waals surface area contributed by atoms with Gasteiger partial charge in [-0.15, -0.1) is 0 Å². The fourth-order valence-electron chi connectivity index (χ4n) is 0.586. The third kappa shape index (κ3) is 4.64. The van der Waals surface area contributed by atoms with Crippen molar-refractivity contribution in [1.82, 2.24) is 5.48 Å². The Labute approximate surface area is 69.6 Å². The number of carboxylic acids is 1. The molecule has 0 aliphatic heterocycles. The maximum absolute atomic E-state index is 10.8. The fraction of sp³-hybridized carbons (Fsp3) is 0.667. The Morgan fingerprint density at radius 3 is 2.67 bits per heavy atom. The van der Waals surface area contributed by atoms with Gasteiger partial charge in [-0.25, -0.2) is 5.48 Å². The number of hydrogen-bond acceptors (Lipinski definition) is 4. The zero-order chi connectivity index (χ0) is 9.56. The number of carboxylic acid groups (broad SMARTS) is 1. The first-order valence-corrected chi connectivity index (χ1v) is 3.38. The average molecular weight is 176 g/mol. The van der Waals surface area contributed by atoms with Crippen LogP contribution in [0, 0.1) is 0 Å². The summed E-state index contributed by atoms with van der Waals surface area (Å²) in [4.78, 5) is 25.2. The molecule has 1 amide bonds. The molecular formula is C6H12N2O4. The third-order valence-corrected chi connectivity index (χ3v) is 1.21. The molecule has 0 aromatic carbocycles. The highest BCUT2D eigenvalue weighted by Crippen LogP contribution is 1.94. The van der Waals surface area contributed by atoms with Crippen molar-refractivity contribution < 1.29 is 19.5 Å².